The van der Waals surface area contributed by atoms with E-state index in [4.69, 9.17) is 0 Å². The van der Waals surface area contributed by atoms with Crippen LogP contribution in [0.4, 0.5) is 0 Å². The lowest BCUT2D eigenvalue weighted by Crippen LogP contribution is -1.77. The van der Waals surface area contributed by atoms with Crippen LogP contribution in [0.5, 0.6) is 0 Å². The number of aryl methyl sites for hydroxylation is 2. The van der Waals surface area contributed by atoms with E-state index in [2.05, 4.69) is 39.3 Å². The van der Waals surface area contributed by atoms with Crippen LogP contribution in [-0.4, -0.2) is 0 Å². The smallest absolute Gasteiger partial charge is 0.00534 e. The molecule has 0 spiro atoms. The highest BCUT2D eigenvalue weighted by molar-refractivity contribution is 7.39. The van der Waals surface area contributed by atoms with Crippen LogP contribution in [0.25, 0.3) is 10.6 Å². The summed E-state index contributed by atoms with van der Waals surface area (Å²) in [7, 11) is 1.81. The Morgan fingerprint density at radius 3 is 1.29 bits per heavy atom. The first-order chi connectivity index (χ1) is 6.61. The van der Waals surface area contributed by atoms with Gasteiger partial charge in [-0.1, -0.05) is 0 Å². The fraction of sp³-hybridized carbons (Fsp3) is 0.333. The zero-order chi connectivity index (χ0) is 10.3. The molecule has 0 N–H and O–H groups in total. The van der Waals surface area contributed by atoms with Gasteiger partial charge >= 0.3 is 0 Å². The summed E-state index contributed by atoms with van der Waals surface area (Å²) in [6.07, 6.45) is 0. The Balaban J connectivity index is 2.60. The topological polar surface area (TPSA) is 0 Å². The molecule has 0 aliphatic heterocycles. The van der Waals surface area contributed by atoms with Crippen molar-refractivity contribution in [3.63, 3.8) is 0 Å². The molecule has 2 rings (SSSR count). The molecule has 0 aliphatic carbocycles. The molecular formula is C12H16P2. The molecule has 2 heterocycles. The lowest BCUT2D eigenvalue weighted by molar-refractivity contribution is 1.38. The molecule has 14 heavy (non-hydrogen) atoms. The highest BCUT2D eigenvalue weighted by Gasteiger charge is 2.09. The van der Waals surface area contributed by atoms with Crippen molar-refractivity contribution in [1.29, 1.82) is 0 Å². The van der Waals surface area contributed by atoms with Crippen LogP contribution >= 0.6 is 16.4 Å². The van der Waals surface area contributed by atoms with Crippen LogP contribution in [0, 0.1) is 27.7 Å². The van der Waals surface area contributed by atoms with Crippen LogP contribution in [0.3, 0.4) is 0 Å². The minimum atomic E-state index is 0.903. The van der Waals surface area contributed by atoms with Crippen LogP contribution in [0.2, 0.25) is 0 Å². The van der Waals surface area contributed by atoms with E-state index >= 15 is 0 Å². The SMILES string of the molecule is Cc1c[pH]c(-c2[pH]cc(C)c2C)c1C. The Morgan fingerprint density at radius 2 is 1.07 bits per heavy atom. The molecule has 2 heteroatoms. The van der Waals surface area contributed by atoms with Gasteiger partial charge in [0.25, 0.3) is 0 Å². The molecule has 0 nitrogen and oxygen atoms in total. The Morgan fingerprint density at radius 1 is 0.714 bits per heavy atom. The maximum atomic E-state index is 2.38. The normalized spacial score (nSPS) is 12.0. The van der Waals surface area contributed by atoms with Gasteiger partial charge in [0.05, 0.1) is 0 Å². The Kier molecular flexibility index (Phi) is 2.60. The fourth-order valence-electron chi connectivity index (χ4n) is 1.71. The molecule has 0 amide bonds. The summed E-state index contributed by atoms with van der Waals surface area (Å²) >= 11 is 0. The van der Waals surface area contributed by atoms with Crippen LogP contribution in [-0.2, 0) is 0 Å². The van der Waals surface area contributed by atoms with E-state index in [-0.39, 0.29) is 0 Å². The molecule has 0 fully saturated rings. The van der Waals surface area contributed by atoms with Crippen LogP contribution in [0.1, 0.15) is 22.3 Å². The van der Waals surface area contributed by atoms with Crippen LogP contribution in [0.15, 0.2) is 11.6 Å². The summed E-state index contributed by atoms with van der Waals surface area (Å²) in [5.74, 6) is 4.76. The molecule has 0 bridgehead atoms. The van der Waals surface area contributed by atoms with E-state index in [1.54, 1.807) is 10.6 Å². The summed E-state index contributed by atoms with van der Waals surface area (Å²) < 4.78 is 0. The highest BCUT2D eigenvalue weighted by atomic mass is 31.0. The average Bonchev–Trinajstić information content (AvgIpc) is 2.63. The van der Waals surface area contributed by atoms with Gasteiger partial charge in [0.15, 0.2) is 0 Å². The molecule has 0 saturated carbocycles. The molecule has 2 aromatic rings. The average molecular weight is 222 g/mol. The first-order valence-electron chi connectivity index (χ1n) is 4.90. The summed E-state index contributed by atoms with van der Waals surface area (Å²) in [4.78, 5) is 0. The monoisotopic (exact) mass is 222 g/mol. The molecule has 2 unspecified atom stereocenters. The van der Waals surface area contributed by atoms with Gasteiger partial charge in [0.2, 0.25) is 0 Å². The second-order valence-corrected chi connectivity index (χ2v) is 6.10. The highest BCUT2D eigenvalue weighted by Crippen LogP contribution is 2.43. The zero-order valence-corrected chi connectivity index (χ0v) is 11.2. The summed E-state index contributed by atoms with van der Waals surface area (Å²) in [5.41, 5.74) is 6.00. The third kappa shape index (κ3) is 1.48. The van der Waals surface area contributed by atoms with Crippen molar-refractivity contribution in [3.8, 4) is 10.6 Å². The van der Waals surface area contributed by atoms with E-state index in [9.17, 15) is 0 Å². The van der Waals surface area contributed by atoms with Crippen molar-refractivity contribution >= 4 is 16.4 Å². The molecule has 0 aliphatic rings. The molecule has 74 valence electrons. The van der Waals surface area contributed by atoms with E-state index in [0.29, 0.717) is 0 Å². The molecule has 2 atom stereocenters. The van der Waals surface area contributed by atoms with Crippen molar-refractivity contribution in [2.24, 2.45) is 0 Å². The predicted octanol–water partition coefficient (Wildman–Crippen LogP) is 4.65. The van der Waals surface area contributed by atoms with Gasteiger partial charge in [0, 0.05) is 10.6 Å². The van der Waals surface area contributed by atoms with Crippen molar-refractivity contribution in [2.45, 2.75) is 27.7 Å². The molecule has 2 aromatic heterocycles. The van der Waals surface area contributed by atoms with Gasteiger partial charge in [-0.05, 0) is 61.5 Å². The first kappa shape index (κ1) is 10.1. The minimum Gasteiger partial charge on any atom is -0.131 e. The maximum Gasteiger partial charge on any atom is 0.00534 e. The fourth-order valence-corrected chi connectivity index (χ4v) is 4.79. The van der Waals surface area contributed by atoms with Crippen molar-refractivity contribution in [2.75, 3.05) is 0 Å². The Hall–Kier alpha value is -0.440. The second kappa shape index (κ2) is 3.61. The van der Waals surface area contributed by atoms with Crippen molar-refractivity contribution in [1.82, 2.24) is 0 Å². The minimum absolute atomic E-state index is 0.903. The quantitative estimate of drug-likeness (QED) is 0.658. The van der Waals surface area contributed by atoms with Crippen LogP contribution < -0.4 is 0 Å². The molecule has 0 radical (unpaired) electrons. The van der Waals surface area contributed by atoms with Gasteiger partial charge in [-0.2, -0.15) is 0 Å². The van der Waals surface area contributed by atoms with E-state index in [0.717, 1.165) is 16.4 Å². The predicted molar refractivity (Wildman–Crippen MR) is 69.8 cm³/mol. The summed E-state index contributed by atoms with van der Waals surface area (Å²) in [5, 5.41) is 3.23. The second-order valence-electron chi connectivity index (χ2n) is 3.94. The van der Waals surface area contributed by atoms with Gasteiger partial charge < -0.3 is 0 Å². The van der Waals surface area contributed by atoms with E-state index in [1.807, 2.05) is 0 Å². The largest absolute Gasteiger partial charge is 0.131 e. The molecule has 0 aromatic carbocycles. The van der Waals surface area contributed by atoms with Gasteiger partial charge in [0.1, 0.15) is 0 Å². The van der Waals surface area contributed by atoms with E-state index in [1.165, 1.54) is 22.3 Å². The third-order valence-electron chi connectivity index (χ3n) is 3.05. The lowest BCUT2D eigenvalue weighted by Gasteiger charge is -2.01. The van der Waals surface area contributed by atoms with Gasteiger partial charge in [-0.25, -0.2) is 0 Å². The first-order valence-corrected chi connectivity index (χ1v) is 7.06. The number of rotatable bonds is 1. The van der Waals surface area contributed by atoms with Gasteiger partial charge in [-0.15, -0.1) is 16.4 Å². The maximum absolute atomic E-state index is 2.38. The summed E-state index contributed by atoms with van der Waals surface area (Å²) in [6.45, 7) is 8.98. The number of hydrogen-bond acceptors (Lipinski definition) is 0. The molecular weight excluding hydrogens is 206 g/mol. The standard InChI is InChI=1S/C12H16P2/c1-7-5-13-11(9(7)3)12-10(4)8(2)6-14-12/h5-6,13-14H,1-4H3. The summed E-state index contributed by atoms with van der Waals surface area (Å²) in [6, 6.07) is 0. The zero-order valence-electron chi connectivity index (χ0n) is 9.15. The molecule has 0 saturated heterocycles. The van der Waals surface area contributed by atoms with E-state index < -0.39 is 0 Å². The number of hydrogen-bond donors (Lipinski definition) is 0. The van der Waals surface area contributed by atoms with Crippen molar-refractivity contribution < 1.29 is 0 Å². The Labute approximate surface area is 88.9 Å². The van der Waals surface area contributed by atoms with Gasteiger partial charge in [-0.3, -0.25) is 0 Å². The van der Waals surface area contributed by atoms with Crippen molar-refractivity contribution in [3.05, 3.63) is 33.9 Å². The Bertz CT molecular complexity index is 416. The lowest BCUT2D eigenvalue weighted by atomic mass is 10.1. The third-order valence-corrected chi connectivity index (χ3v) is 6.28.